The number of aromatic amines is 1. The average Bonchev–Trinajstić information content (AvgIpc) is 3.17. The molecule has 0 bridgehead atoms. The summed E-state index contributed by atoms with van der Waals surface area (Å²) in [6.07, 6.45) is 0. The van der Waals surface area contributed by atoms with Gasteiger partial charge in [-0.2, -0.15) is 0 Å². The molecule has 0 aliphatic heterocycles. The minimum atomic E-state index is -1.30. The summed E-state index contributed by atoms with van der Waals surface area (Å²) in [5.41, 5.74) is 10.6. The van der Waals surface area contributed by atoms with E-state index in [1.54, 1.807) is 12.1 Å². The number of hydrogen-bond acceptors (Lipinski definition) is 9. The van der Waals surface area contributed by atoms with Crippen molar-refractivity contribution in [2.75, 3.05) is 14.2 Å². The summed E-state index contributed by atoms with van der Waals surface area (Å²) in [6, 6.07) is 7.46. The molecular weight excluding hydrogens is 426 g/mol. The Morgan fingerprint density at radius 3 is 2.16 bits per heavy atom. The second-order valence-corrected chi connectivity index (χ2v) is 6.13. The quantitative estimate of drug-likeness (QED) is 0.369. The summed E-state index contributed by atoms with van der Waals surface area (Å²) in [5.74, 6) is -3.12. The first-order valence-corrected chi connectivity index (χ1v) is 8.76. The molecule has 3 aromatic rings. The number of aromatic nitrogens is 3. The second-order valence-electron chi connectivity index (χ2n) is 6.13. The molecule has 13 heteroatoms. The number of nitrogens with zero attached hydrogens (tertiary/aromatic N) is 2. The van der Waals surface area contributed by atoms with Gasteiger partial charge >= 0.3 is 17.9 Å². The number of nitrogens with one attached hydrogen (secondary N) is 1. The molecule has 0 aliphatic carbocycles. The van der Waals surface area contributed by atoms with Crippen molar-refractivity contribution in [3.8, 4) is 0 Å². The molecule has 0 spiro atoms. The van der Waals surface area contributed by atoms with E-state index in [1.807, 2.05) is 0 Å². The third kappa shape index (κ3) is 5.34. The number of esters is 2. The smallest absolute Gasteiger partial charge is 0.356 e. The van der Waals surface area contributed by atoms with Crippen LogP contribution in [0.25, 0.3) is 5.65 Å². The Kier molecular flexibility index (Phi) is 7.42. The van der Waals surface area contributed by atoms with E-state index in [0.717, 1.165) is 23.8 Å². The van der Waals surface area contributed by atoms with E-state index >= 15 is 0 Å². The monoisotopic (exact) mass is 445 g/mol. The molecule has 0 aliphatic rings. The number of fused-ring (bicyclic) bond motifs is 1. The van der Waals surface area contributed by atoms with Crippen molar-refractivity contribution < 1.29 is 33.8 Å². The molecule has 168 valence electrons. The molecule has 2 aromatic heterocycles. The molecule has 0 fully saturated rings. The van der Waals surface area contributed by atoms with Crippen molar-refractivity contribution in [1.29, 1.82) is 0 Å². The maximum absolute atomic E-state index is 11.4. The van der Waals surface area contributed by atoms with Gasteiger partial charge in [0.25, 0.3) is 5.56 Å². The topological polar surface area (TPSA) is 209 Å². The highest BCUT2D eigenvalue weighted by Gasteiger charge is 2.17. The summed E-state index contributed by atoms with van der Waals surface area (Å²) in [5, 5.41) is 11.1. The van der Waals surface area contributed by atoms with Gasteiger partial charge in [0.15, 0.2) is 17.0 Å². The molecule has 3 rings (SSSR count). The van der Waals surface area contributed by atoms with Crippen LogP contribution in [0.1, 0.15) is 42.9 Å². The number of ether oxygens (including phenoxy) is 2. The number of carboxylic acid groups (broad SMARTS) is 1. The van der Waals surface area contributed by atoms with E-state index in [0.29, 0.717) is 11.1 Å². The maximum atomic E-state index is 11.4. The van der Waals surface area contributed by atoms with Crippen LogP contribution in [-0.4, -0.2) is 57.7 Å². The summed E-state index contributed by atoms with van der Waals surface area (Å²) in [7, 11) is 2.45. The van der Waals surface area contributed by atoms with Crippen LogP contribution in [0, 0.1) is 0 Å². The fourth-order valence-electron chi connectivity index (χ4n) is 2.47. The molecule has 1 atom stereocenters. The second kappa shape index (κ2) is 9.99. The highest BCUT2D eigenvalue weighted by atomic mass is 16.5. The number of nitrogens with two attached hydrogens (primary N) is 2. The lowest BCUT2D eigenvalue weighted by molar-refractivity contribution is -0.119. The third-order valence-electron chi connectivity index (χ3n) is 4.07. The van der Waals surface area contributed by atoms with Crippen LogP contribution in [0.4, 0.5) is 0 Å². The Balaban J connectivity index is 0.000000229. The lowest BCUT2D eigenvalue weighted by atomic mass is 10.1. The zero-order chi connectivity index (χ0) is 24.0. The highest BCUT2D eigenvalue weighted by molar-refractivity contribution is 5.93. The first-order valence-electron chi connectivity index (χ1n) is 8.76. The Morgan fingerprint density at radius 2 is 1.66 bits per heavy atom. The summed E-state index contributed by atoms with van der Waals surface area (Å²) >= 11 is 0. The third-order valence-corrected chi connectivity index (χ3v) is 4.07. The molecule has 13 nitrogen and oxygen atoms in total. The number of carboxylic acids is 1. The van der Waals surface area contributed by atoms with Crippen LogP contribution in [0.5, 0.6) is 0 Å². The van der Waals surface area contributed by atoms with Gasteiger partial charge < -0.3 is 26.0 Å². The molecule has 0 saturated carbocycles. The van der Waals surface area contributed by atoms with E-state index in [1.165, 1.54) is 19.2 Å². The van der Waals surface area contributed by atoms with E-state index in [4.69, 9.17) is 16.6 Å². The number of methoxy groups -OCH3 is 2. The number of hydrogen-bond donors (Lipinski definition) is 4. The van der Waals surface area contributed by atoms with E-state index < -0.39 is 35.4 Å². The molecule has 2 heterocycles. The number of amides is 1. The minimum absolute atomic E-state index is 0.0373. The van der Waals surface area contributed by atoms with Gasteiger partial charge in [-0.1, -0.05) is 12.1 Å². The molecule has 6 N–H and O–H groups in total. The Hall–Kier alpha value is -4.52. The molecular formula is C19H19N5O8. The van der Waals surface area contributed by atoms with Crippen molar-refractivity contribution in [3.63, 3.8) is 0 Å². The van der Waals surface area contributed by atoms with Crippen molar-refractivity contribution in [2.45, 2.75) is 6.04 Å². The maximum Gasteiger partial charge on any atom is 0.356 e. The normalized spacial score (nSPS) is 11.1. The van der Waals surface area contributed by atoms with Crippen molar-refractivity contribution in [2.24, 2.45) is 11.5 Å². The summed E-state index contributed by atoms with van der Waals surface area (Å²) in [6.45, 7) is 0. The van der Waals surface area contributed by atoms with Crippen molar-refractivity contribution >= 4 is 29.5 Å². The largest absolute Gasteiger partial charge is 0.477 e. The summed E-state index contributed by atoms with van der Waals surface area (Å²) < 4.78 is 10.1. The number of benzene rings is 1. The van der Waals surface area contributed by atoms with Gasteiger partial charge in [-0.25, -0.2) is 23.9 Å². The van der Waals surface area contributed by atoms with Gasteiger partial charge in [-0.05, 0) is 17.7 Å². The zero-order valence-electron chi connectivity index (χ0n) is 16.9. The minimum Gasteiger partial charge on any atom is -0.477 e. The summed E-state index contributed by atoms with van der Waals surface area (Å²) in [4.78, 5) is 58.9. The highest BCUT2D eigenvalue weighted by Crippen LogP contribution is 2.12. The van der Waals surface area contributed by atoms with Gasteiger partial charge in [0.1, 0.15) is 6.04 Å². The lowest BCUT2D eigenvalue weighted by Crippen LogP contribution is -2.28. The van der Waals surface area contributed by atoms with Crippen molar-refractivity contribution in [1.82, 2.24) is 14.6 Å². The molecule has 0 saturated heterocycles. The van der Waals surface area contributed by atoms with Crippen LogP contribution in [0.3, 0.4) is 0 Å². The van der Waals surface area contributed by atoms with Gasteiger partial charge in [-0.15, -0.1) is 0 Å². The number of aromatic carboxylic acids is 1. The number of primary amides is 1. The molecule has 0 radical (unpaired) electrons. The molecule has 1 aromatic carbocycles. The van der Waals surface area contributed by atoms with Gasteiger partial charge in [0.2, 0.25) is 5.91 Å². The Morgan fingerprint density at radius 1 is 1.06 bits per heavy atom. The standard InChI is InChI=1S/C10H12N2O3.C9H7N3O5/c1-15-10(14)7-4-2-6(3-5-7)8(11)9(12)13;1-17-9(16)5-2-4(8(14)15)10-6-3-7(13)11-12(5)6/h2-5,8H,11H2,1H3,(H2,12,13);2-3H,1H3,(H,11,13)(H,14,15)/t8-;/m1./s1. The fourth-order valence-corrected chi connectivity index (χ4v) is 2.47. The molecule has 32 heavy (non-hydrogen) atoms. The average molecular weight is 445 g/mol. The number of carbonyl (C=O) groups excluding carboxylic acids is 3. The van der Waals surface area contributed by atoms with Crippen LogP contribution in [0.2, 0.25) is 0 Å². The van der Waals surface area contributed by atoms with E-state index in [2.05, 4.69) is 19.6 Å². The van der Waals surface area contributed by atoms with Crippen LogP contribution >= 0.6 is 0 Å². The molecule has 1 amide bonds. The zero-order valence-corrected chi connectivity index (χ0v) is 16.9. The molecule has 0 unspecified atom stereocenters. The van der Waals surface area contributed by atoms with Crippen LogP contribution in [-0.2, 0) is 14.3 Å². The Labute approximate surface area is 179 Å². The SMILES string of the molecule is COC(=O)c1cc(C(=O)O)nc2cc(=O)[nH]n12.COC(=O)c1ccc([C@@H](N)C(N)=O)cc1. The van der Waals surface area contributed by atoms with E-state index in [9.17, 15) is 24.0 Å². The van der Waals surface area contributed by atoms with Crippen LogP contribution < -0.4 is 17.0 Å². The fraction of sp³-hybridized carbons (Fsp3) is 0.158. The lowest BCUT2D eigenvalue weighted by Gasteiger charge is -2.07. The van der Waals surface area contributed by atoms with Gasteiger partial charge in [-0.3, -0.25) is 14.7 Å². The first kappa shape index (κ1) is 23.8. The number of rotatable bonds is 5. The van der Waals surface area contributed by atoms with E-state index in [-0.39, 0.29) is 17.0 Å². The van der Waals surface area contributed by atoms with Gasteiger partial charge in [0, 0.05) is 12.1 Å². The first-order chi connectivity index (χ1) is 15.1. The van der Waals surface area contributed by atoms with Gasteiger partial charge in [0.05, 0.1) is 19.8 Å². The number of carbonyl (C=O) groups is 4. The predicted molar refractivity (Wildman–Crippen MR) is 108 cm³/mol. The number of H-pyrrole nitrogens is 1. The Bertz CT molecular complexity index is 1230. The van der Waals surface area contributed by atoms with Crippen LogP contribution in [0.15, 0.2) is 41.2 Å². The predicted octanol–water partition coefficient (Wildman–Crippen LogP) is -0.534. The van der Waals surface area contributed by atoms with Crippen molar-refractivity contribution in [3.05, 3.63) is 69.3 Å².